The standard InChI is InChI=1S/2ClH.Co.Ni/h2*1H;;. The molecule has 0 fully saturated rings. The van der Waals surface area contributed by atoms with E-state index in [1.165, 1.54) is 0 Å². The van der Waals surface area contributed by atoms with E-state index in [0.29, 0.717) is 0 Å². The van der Waals surface area contributed by atoms with E-state index in [1.54, 1.807) is 0 Å². The Morgan fingerprint density at radius 1 is 0.750 bits per heavy atom. The molecule has 0 aliphatic heterocycles. The second-order valence-corrected chi connectivity index (χ2v) is 0. The van der Waals surface area contributed by atoms with Crippen LogP contribution in [0.1, 0.15) is 0 Å². The summed E-state index contributed by atoms with van der Waals surface area (Å²) in [7, 11) is 0. The Labute approximate surface area is 58.0 Å². The molecule has 35 valence electrons. The van der Waals surface area contributed by atoms with E-state index in [0.717, 1.165) is 0 Å². The number of rotatable bonds is 0. The minimum absolute atomic E-state index is 0. The third-order valence-corrected chi connectivity index (χ3v) is 0. The Hall–Kier alpha value is 1.58. The Morgan fingerprint density at radius 2 is 0.750 bits per heavy atom. The fourth-order valence-corrected chi connectivity index (χ4v) is 0. The zero-order valence-corrected chi connectivity index (χ0v) is 5.13. The van der Waals surface area contributed by atoms with Gasteiger partial charge >= 0.3 is 0 Å². The maximum atomic E-state index is 0. The summed E-state index contributed by atoms with van der Waals surface area (Å²) in [5.74, 6) is 0. The Kier molecular flexibility index (Phi) is 276. The molecule has 0 bridgehead atoms. The largest absolute Gasteiger partial charge is 0.147 e. The van der Waals surface area contributed by atoms with Gasteiger partial charge < -0.3 is 0 Å². The molecular weight excluding hydrogens is 189 g/mol. The van der Waals surface area contributed by atoms with Crippen molar-refractivity contribution in [3.8, 4) is 0 Å². The molecular formula is H2Cl2CoNi. The van der Waals surface area contributed by atoms with E-state index in [4.69, 9.17) is 0 Å². The van der Waals surface area contributed by atoms with Crippen molar-refractivity contribution in [1.82, 2.24) is 0 Å². The molecule has 0 atom stereocenters. The number of hydrogen-bond acceptors (Lipinski definition) is 0. The monoisotopic (exact) mass is 189 g/mol. The molecule has 0 heterocycles. The topological polar surface area (TPSA) is 0 Å². The van der Waals surface area contributed by atoms with E-state index >= 15 is 0 Å². The van der Waals surface area contributed by atoms with Gasteiger partial charge in [-0.1, -0.05) is 0 Å². The van der Waals surface area contributed by atoms with Gasteiger partial charge in [0.2, 0.25) is 0 Å². The number of halogens is 2. The van der Waals surface area contributed by atoms with Gasteiger partial charge in [-0.3, -0.25) is 0 Å². The van der Waals surface area contributed by atoms with Crippen LogP contribution in [0, 0.1) is 0 Å². The zero-order chi connectivity index (χ0) is 0. The minimum atomic E-state index is 0. The summed E-state index contributed by atoms with van der Waals surface area (Å²) >= 11 is 0. The van der Waals surface area contributed by atoms with Gasteiger partial charge in [-0.25, -0.2) is 0 Å². The fraction of sp³-hybridized carbons (Fsp3) is 0. The Morgan fingerprint density at radius 3 is 0.750 bits per heavy atom. The van der Waals surface area contributed by atoms with Crippen molar-refractivity contribution < 1.29 is 33.3 Å². The summed E-state index contributed by atoms with van der Waals surface area (Å²) in [6, 6.07) is 0. The molecule has 0 saturated carbocycles. The summed E-state index contributed by atoms with van der Waals surface area (Å²) in [5.41, 5.74) is 0. The van der Waals surface area contributed by atoms with Gasteiger partial charge in [0.1, 0.15) is 0 Å². The third kappa shape index (κ3) is 9.55. The van der Waals surface area contributed by atoms with E-state index < -0.39 is 0 Å². The van der Waals surface area contributed by atoms with Crippen molar-refractivity contribution in [2.45, 2.75) is 0 Å². The molecule has 4 heavy (non-hydrogen) atoms. The van der Waals surface area contributed by atoms with Crippen LogP contribution in [-0.2, 0) is 33.3 Å². The summed E-state index contributed by atoms with van der Waals surface area (Å²) in [6.07, 6.45) is 0. The van der Waals surface area contributed by atoms with Crippen molar-refractivity contribution in [1.29, 1.82) is 0 Å². The summed E-state index contributed by atoms with van der Waals surface area (Å²) < 4.78 is 0. The average Bonchev–Trinajstić information content (AvgIpc) is 0. The second-order valence-electron chi connectivity index (χ2n) is 0. The van der Waals surface area contributed by atoms with Gasteiger partial charge in [0.05, 0.1) is 0 Å². The van der Waals surface area contributed by atoms with Gasteiger partial charge in [0, 0.05) is 33.3 Å². The molecule has 0 unspecified atom stereocenters. The van der Waals surface area contributed by atoms with Gasteiger partial charge in [0.25, 0.3) is 0 Å². The maximum Gasteiger partial charge on any atom is 0 e. The molecule has 0 amide bonds. The summed E-state index contributed by atoms with van der Waals surface area (Å²) in [5, 5.41) is 0. The predicted molar refractivity (Wildman–Crippen MR) is 14.5 cm³/mol. The molecule has 0 rings (SSSR count). The first-order valence-corrected chi connectivity index (χ1v) is 0. The quantitative estimate of drug-likeness (QED) is 0.497. The Balaban J connectivity index is 0. The van der Waals surface area contributed by atoms with Crippen molar-refractivity contribution in [3.05, 3.63) is 0 Å². The normalized spacial score (nSPS) is 0. The van der Waals surface area contributed by atoms with E-state index in [1.807, 2.05) is 0 Å². The van der Waals surface area contributed by atoms with Crippen LogP contribution in [0.5, 0.6) is 0 Å². The van der Waals surface area contributed by atoms with E-state index in [9.17, 15) is 0 Å². The van der Waals surface area contributed by atoms with Crippen LogP contribution in [0.3, 0.4) is 0 Å². The minimum Gasteiger partial charge on any atom is -0.147 e. The number of hydrogen-bond donors (Lipinski definition) is 0. The van der Waals surface area contributed by atoms with Gasteiger partial charge in [-0.15, -0.1) is 24.8 Å². The first kappa shape index (κ1) is 46.9. The smallest absolute Gasteiger partial charge is 0 e. The van der Waals surface area contributed by atoms with Crippen molar-refractivity contribution >= 4 is 24.8 Å². The van der Waals surface area contributed by atoms with Crippen molar-refractivity contribution in [2.24, 2.45) is 0 Å². The first-order valence-electron chi connectivity index (χ1n) is 0. The first-order chi connectivity index (χ1) is 0. The van der Waals surface area contributed by atoms with Crippen molar-refractivity contribution in [2.75, 3.05) is 0 Å². The van der Waals surface area contributed by atoms with Crippen LogP contribution >= 0.6 is 24.8 Å². The van der Waals surface area contributed by atoms with Crippen LogP contribution in [0.2, 0.25) is 0 Å². The fourth-order valence-electron chi connectivity index (χ4n) is 0. The van der Waals surface area contributed by atoms with E-state index in [2.05, 4.69) is 0 Å². The molecule has 0 aromatic carbocycles. The molecule has 0 N–H and O–H groups in total. The SMILES string of the molecule is Cl.Cl.[Co].[Ni]. The molecule has 4 heteroatoms. The van der Waals surface area contributed by atoms with Gasteiger partial charge in [-0.05, 0) is 0 Å². The third-order valence-electron chi connectivity index (χ3n) is 0. The van der Waals surface area contributed by atoms with Crippen LogP contribution in [0.15, 0.2) is 0 Å². The molecule has 0 nitrogen and oxygen atoms in total. The van der Waals surface area contributed by atoms with Crippen LogP contribution in [0.4, 0.5) is 0 Å². The summed E-state index contributed by atoms with van der Waals surface area (Å²) in [4.78, 5) is 0. The molecule has 0 spiro atoms. The Bertz CT molecular complexity index is 6.00. The van der Waals surface area contributed by atoms with Gasteiger partial charge in [0.15, 0.2) is 0 Å². The van der Waals surface area contributed by atoms with Crippen LogP contribution < -0.4 is 0 Å². The van der Waals surface area contributed by atoms with Gasteiger partial charge in [-0.2, -0.15) is 0 Å². The van der Waals surface area contributed by atoms with Crippen molar-refractivity contribution in [3.63, 3.8) is 0 Å². The van der Waals surface area contributed by atoms with Crippen LogP contribution in [-0.4, -0.2) is 0 Å². The summed E-state index contributed by atoms with van der Waals surface area (Å²) in [6.45, 7) is 0. The maximum absolute atomic E-state index is 0. The second kappa shape index (κ2) is 23.5. The molecule has 1 radical (unpaired) electrons. The van der Waals surface area contributed by atoms with Crippen LogP contribution in [0.25, 0.3) is 0 Å². The molecule has 0 saturated heterocycles. The molecule has 0 aliphatic carbocycles. The zero-order valence-electron chi connectivity index (χ0n) is 1.47. The molecule has 0 aromatic rings. The molecule has 0 aromatic heterocycles. The molecule has 0 aliphatic rings. The average molecular weight is 191 g/mol. The van der Waals surface area contributed by atoms with E-state index in [-0.39, 0.29) is 58.1 Å². The predicted octanol–water partition coefficient (Wildman–Crippen LogP) is 0.839.